The Morgan fingerprint density at radius 2 is 2.00 bits per heavy atom. The Morgan fingerprint density at radius 1 is 1.21 bits per heavy atom. The molecule has 0 amide bonds. The highest BCUT2D eigenvalue weighted by molar-refractivity contribution is 5.54. The summed E-state index contributed by atoms with van der Waals surface area (Å²) >= 11 is 0. The van der Waals surface area contributed by atoms with Crippen LogP contribution in [0.4, 0.5) is 0 Å². The first-order chi connectivity index (χ1) is 9.33. The molecule has 0 bridgehead atoms. The van der Waals surface area contributed by atoms with Gasteiger partial charge in [-0.2, -0.15) is 0 Å². The van der Waals surface area contributed by atoms with Gasteiger partial charge in [0, 0.05) is 12.1 Å². The van der Waals surface area contributed by atoms with E-state index in [2.05, 4.69) is 17.2 Å². The van der Waals surface area contributed by atoms with Crippen molar-refractivity contribution in [2.75, 3.05) is 13.2 Å². The van der Waals surface area contributed by atoms with Gasteiger partial charge in [-0.1, -0.05) is 6.92 Å². The highest BCUT2D eigenvalue weighted by Crippen LogP contribution is 2.21. The molecule has 0 saturated carbocycles. The molecule has 2 rings (SSSR count). The molecule has 1 N–H and O–H groups in total. The number of hydrogen-bond acceptors (Lipinski definition) is 4. The lowest BCUT2D eigenvalue weighted by molar-refractivity contribution is 0.340. The molecule has 0 aliphatic carbocycles. The minimum absolute atomic E-state index is 0.649. The third-order valence-corrected chi connectivity index (χ3v) is 2.70. The Balaban J connectivity index is 2.01. The van der Waals surface area contributed by atoms with E-state index < -0.39 is 0 Å². The molecule has 0 aliphatic heterocycles. The summed E-state index contributed by atoms with van der Waals surface area (Å²) in [5.74, 6) is 1.51. The molecule has 0 fully saturated rings. The molecule has 0 radical (unpaired) electrons. The Hall–Kier alpha value is -1.81. The molecule has 0 atom stereocenters. The first-order valence-corrected chi connectivity index (χ1v) is 6.71. The van der Waals surface area contributed by atoms with Crippen molar-refractivity contribution in [3.63, 3.8) is 0 Å². The van der Waals surface area contributed by atoms with Crippen molar-refractivity contribution in [3.05, 3.63) is 36.2 Å². The summed E-state index contributed by atoms with van der Waals surface area (Å²) < 4.78 is 10.9. The molecule has 1 heterocycles. The SMILES string of the molecule is CCCNCc1coc(-c2ccc(OCC)cc2)n1. The molecule has 0 unspecified atom stereocenters. The van der Waals surface area contributed by atoms with E-state index in [1.54, 1.807) is 6.26 Å². The summed E-state index contributed by atoms with van der Waals surface area (Å²) in [4.78, 5) is 4.46. The van der Waals surface area contributed by atoms with Gasteiger partial charge in [0.15, 0.2) is 0 Å². The van der Waals surface area contributed by atoms with Crippen molar-refractivity contribution in [2.45, 2.75) is 26.8 Å². The van der Waals surface area contributed by atoms with Gasteiger partial charge < -0.3 is 14.5 Å². The molecule has 0 saturated heterocycles. The molecule has 102 valence electrons. The maximum atomic E-state index is 5.49. The predicted octanol–water partition coefficient (Wildman–Crippen LogP) is 3.24. The van der Waals surface area contributed by atoms with Crippen LogP contribution in [0.3, 0.4) is 0 Å². The lowest BCUT2D eigenvalue weighted by Gasteiger charge is -2.02. The van der Waals surface area contributed by atoms with Gasteiger partial charge in [-0.05, 0) is 44.2 Å². The average molecular weight is 260 g/mol. The smallest absolute Gasteiger partial charge is 0.226 e. The van der Waals surface area contributed by atoms with Gasteiger partial charge >= 0.3 is 0 Å². The van der Waals surface area contributed by atoms with Crippen molar-refractivity contribution >= 4 is 0 Å². The van der Waals surface area contributed by atoms with Crippen LogP contribution in [0.25, 0.3) is 11.5 Å². The van der Waals surface area contributed by atoms with Gasteiger partial charge in [-0.3, -0.25) is 0 Å². The number of hydrogen-bond donors (Lipinski definition) is 1. The molecule has 2 aromatic rings. The molecule has 0 aliphatic rings. The molecular formula is C15H20N2O2. The second-order valence-corrected chi connectivity index (χ2v) is 4.28. The minimum atomic E-state index is 0.649. The zero-order chi connectivity index (χ0) is 13.5. The topological polar surface area (TPSA) is 47.3 Å². The number of rotatable bonds is 7. The van der Waals surface area contributed by atoms with Gasteiger partial charge in [0.05, 0.1) is 12.3 Å². The van der Waals surface area contributed by atoms with Crippen molar-refractivity contribution in [1.29, 1.82) is 0 Å². The highest BCUT2D eigenvalue weighted by atomic mass is 16.5. The van der Waals surface area contributed by atoms with Gasteiger partial charge in [-0.25, -0.2) is 4.98 Å². The van der Waals surface area contributed by atoms with Crippen LogP contribution in [0.1, 0.15) is 26.0 Å². The van der Waals surface area contributed by atoms with Crippen LogP contribution >= 0.6 is 0 Å². The van der Waals surface area contributed by atoms with Crippen LogP contribution in [0.2, 0.25) is 0 Å². The van der Waals surface area contributed by atoms with E-state index in [0.29, 0.717) is 12.5 Å². The predicted molar refractivity (Wildman–Crippen MR) is 75.1 cm³/mol. The highest BCUT2D eigenvalue weighted by Gasteiger charge is 2.06. The molecule has 19 heavy (non-hydrogen) atoms. The molecule has 0 spiro atoms. The van der Waals surface area contributed by atoms with E-state index in [0.717, 1.165) is 36.5 Å². The van der Waals surface area contributed by atoms with Crippen LogP contribution in [0.5, 0.6) is 5.75 Å². The van der Waals surface area contributed by atoms with Gasteiger partial charge in [0.25, 0.3) is 0 Å². The van der Waals surface area contributed by atoms with Gasteiger partial charge in [0.1, 0.15) is 12.0 Å². The quantitative estimate of drug-likeness (QED) is 0.776. The van der Waals surface area contributed by atoms with Crippen molar-refractivity contribution < 1.29 is 9.15 Å². The lowest BCUT2D eigenvalue weighted by atomic mass is 10.2. The van der Waals surface area contributed by atoms with Crippen LogP contribution in [0.15, 0.2) is 34.9 Å². The summed E-state index contributed by atoms with van der Waals surface area (Å²) in [6.07, 6.45) is 2.82. The fourth-order valence-corrected chi connectivity index (χ4v) is 1.77. The standard InChI is InChI=1S/C15H20N2O2/c1-3-9-16-10-13-11-19-15(17-13)12-5-7-14(8-6-12)18-4-2/h5-8,11,16H,3-4,9-10H2,1-2H3. The number of nitrogens with one attached hydrogen (secondary N) is 1. The Kier molecular flexibility index (Phi) is 4.98. The summed E-state index contributed by atoms with van der Waals surface area (Å²) in [6.45, 7) is 6.52. The molecule has 1 aromatic carbocycles. The van der Waals surface area contributed by atoms with Crippen molar-refractivity contribution in [3.8, 4) is 17.2 Å². The van der Waals surface area contributed by atoms with Crippen molar-refractivity contribution in [2.24, 2.45) is 0 Å². The maximum Gasteiger partial charge on any atom is 0.226 e. The fourth-order valence-electron chi connectivity index (χ4n) is 1.77. The summed E-state index contributed by atoms with van der Waals surface area (Å²) in [7, 11) is 0. The third kappa shape index (κ3) is 3.83. The largest absolute Gasteiger partial charge is 0.494 e. The van der Waals surface area contributed by atoms with Crippen LogP contribution in [0, 0.1) is 0 Å². The van der Waals surface area contributed by atoms with E-state index in [-0.39, 0.29) is 0 Å². The molecule has 1 aromatic heterocycles. The first kappa shape index (κ1) is 13.6. The number of oxazole rings is 1. The van der Waals surface area contributed by atoms with E-state index in [1.807, 2.05) is 31.2 Å². The number of nitrogens with zero attached hydrogens (tertiary/aromatic N) is 1. The Morgan fingerprint density at radius 3 is 2.68 bits per heavy atom. The monoisotopic (exact) mass is 260 g/mol. The molecule has 4 heteroatoms. The minimum Gasteiger partial charge on any atom is -0.494 e. The zero-order valence-corrected chi connectivity index (χ0v) is 11.5. The summed E-state index contributed by atoms with van der Waals surface area (Å²) in [6, 6.07) is 7.77. The second-order valence-electron chi connectivity index (χ2n) is 4.28. The third-order valence-electron chi connectivity index (χ3n) is 2.70. The number of aromatic nitrogens is 1. The average Bonchev–Trinajstić information content (AvgIpc) is 2.89. The zero-order valence-electron chi connectivity index (χ0n) is 11.5. The first-order valence-electron chi connectivity index (χ1n) is 6.71. The maximum absolute atomic E-state index is 5.49. The van der Waals surface area contributed by atoms with E-state index in [4.69, 9.17) is 9.15 Å². The van der Waals surface area contributed by atoms with Crippen LogP contribution in [-0.4, -0.2) is 18.1 Å². The fraction of sp³-hybridized carbons (Fsp3) is 0.400. The summed E-state index contributed by atoms with van der Waals surface area (Å²) in [5, 5.41) is 3.30. The van der Waals surface area contributed by atoms with Gasteiger partial charge in [-0.15, -0.1) is 0 Å². The molecule has 4 nitrogen and oxygen atoms in total. The van der Waals surface area contributed by atoms with Crippen LogP contribution in [-0.2, 0) is 6.54 Å². The van der Waals surface area contributed by atoms with Gasteiger partial charge in [0.2, 0.25) is 5.89 Å². The number of ether oxygens (including phenoxy) is 1. The number of benzene rings is 1. The lowest BCUT2D eigenvalue weighted by Crippen LogP contribution is -2.13. The second kappa shape index (κ2) is 6.95. The Labute approximate surface area is 113 Å². The van der Waals surface area contributed by atoms with E-state index >= 15 is 0 Å². The Bertz CT molecular complexity index is 491. The van der Waals surface area contributed by atoms with E-state index in [1.165, 1.54) is 0 Å². The molecular weight excluding hydrogens is 240 g/mol. The van der Waals surface area contributed by atoms with E-state index in [9.17, 15) is 0 Å². The normalized spacial score (nSPS) is 10.6. The summed E-state index contributed by atoms with van der Waals surface area (Å²) in [5.41, 5.74) is 1.89. The van der Waals surface area contributed by atoms with Crippen molar-refractivity contribution in [1.82, 2.24) is 10.3 Å². The van der Waals surface area contributed by atoms with Crippen LogP contribution < -0.4 is 10.1 Å².